The first-order valence-corrected chi connectivity index (χ1v) is 5.84. The van der Waals surface area contributed by atoms with Gasteiger partial charge in [0.1, 0.15) is 0 Å². The lowest BCUT2D eigenvalue weighted by atomic mass is 10.0. The molecule has 10 heavy (non-hydrogen) atoms. The van der Waals surface area contributed by atoms with E-state index in [2.05, 4.69) is 42.1 Å². The molecule has 0 radical (unpaired) electrons. The lowest BCUT2D eigenvalue weighted by Crippen LogP contribution is -2.14. The molecule has 0 amide bonds. The zero-order valence-corrected chi connectivity index (χ0v) is 9.44. The standard InChI is InChI=1S/C8H15IS/c1-2-3-6-7(9)4-5-8(6)10/h6-8,10H,2-5H2,1H3/t6?,7-,8?/m0/s1. The summed E-state index contributed by atoms with van der Waals surface area (Å²) in [6, 6.07) is 0. The van der Waals surface area contributed by atoms with E-state index in [1.54, 1.807) is 0 Å². The number of thiol groups is 1. The van der Waals surface area contributed by atoms with Crippen LogP contribution in [0.2, 0.25) is 0 Å². The number of alkyl halides is 1. The molecule has 0 aromatic carbocycles. The van der Waals surface area contributed by atoms with Crippen LogP contribution in [0.4, 0.5) is 0 Å². The summed E-state index contributed by atoms with van der Waals surface area (Å²) >= 11 is 7.16. The van der Waals surface area contributed by atoms with Crippen LogP contribution >= 0.6 is 35.2 Å². The maximum atomic E-state index is 4.58. The first-order chi connectivity index (χ1) is 4.75. The highest BCUT2D eigenvalue weighted by Gasteiger charge is 2.30. The van der Waals surface area contributed by atoms with Gasteiger partial charge in [0, 0.05) is 9.17 Å². The molecule has 1 aliphatic rings. The first-order valence-electron chi connectivity index (χ1n) is 4.07. The fourth-order valence-corrected chi connectivity index (χ4v) is 3.76. The molecule has 2 heteroatoms. The largest absolute Gasteiger partial charge is 0.176 e. The Morgan fingerprint density at radius 1 is 1.50 bits per heavy atom. The van der Waals surface area contributed by atoms with Crippen LogP contribution < -0.4 is 0 Å². The van der Waals surface area contributed by atoms with E-state index in [9.17, 15) is 0 Å². The molecule has 3 atom stereocenters. The summed E-state index contributed by atoms with van der Waals surface area (Å²) in [5.41, 5.74) is 0. The minimum atomic E-state index is 0.696. The highest BCUT2D eigenvalue weighted by molar-refractivity contribution is 14.1. The van der Waals surface area contributed by atoms with Crippen molar-refractivity contribution in [3.63, 3.8) is 0 Å². The SMILES string of the molecule is CCCC1C(S)CC[C@@H]1I. The first kappa shape index (κ1) is 9.17. The van der Waals surface area contributed by atoms with Crippen LogP contribution in [0.1, 0.15) is 32.6 Å². The van der Waals surface area contributed by atoms with Gasteiger partial charge < -0.3 is 0 Å². The summed E-state index contributed by atoms with van der Waals surface area (Å²) in [6.07, 6.45) is 5.42. The molecule has 2 unspecified atom stereocenters. The summed E-state index contributed by atoms with van der Waals surface area (Å²) < 4.78 is 0.903. The Labute approximate surface area is 82.7 Å². The Kier molecular flexibility index (Phi) is 3.84. The highest BCUT2D eigenvalue weighted by Crippen LogP contribution is 2.38. The minimum absolute atomic E-state index is 0.696. The molecule has 1 saturated carbocycles. The molecule has 0 aliphatic heterocycles. The quantitative estimate of drug-likeness (QED) is 0.444. The van der Waals surface area contributed by atoms with Gasteiger partial charge in [0.15, 0.2) is 0 Å². The Bertz CT molecular complexity index is 95.4. The summed E-state index contributed by atoms with van der Waals surface area (Å²) in [5.74, 6) is 0.897. The van der Waals surface area contributed by atoms with Crippen molar-refractivity contribution in [2.75, 3.05) is 0 Å². The van der Waals surface area contributed by atoms with Crippen molar-refractivity contribution < 1.29 is 0 Å². The van der Waals surface area contributed by atoms with Crippen molar-refractivity contribution in [3.05, 3.63) is 0 Å². The van der Waals surface area contributed by atoms with E-state index in [-0.39, 0.29) is 0 Å². The average Bonchev–Trinajstić information content (AvgIpc) is 2.20. The van der Waals surface area contributed by atoms with Gasteiger partial charge in [-0.2, -0.15) is 12.6 Å². The molecule has 0 saturated heterocycles. The van der Waals surface area contributed by atoms with Gasteiger partial charge in [0.05, 0.1) is 0 Å². The van der Waals surface area contributed by atoms with Gasteiger partial charge in [-0.3, -0.25) is 0 Å². The predicted octanol–water partition coefficient (Wildman–Crippen LogP) is 3.30. The molecule has 0 spiro atoms. The molecular formula is C8H15IS. The third kappa shape index (κ3) is 2.03. The maximum absolute atomic E-state index is 4.58. The monoisotopic (exact) mass is 270 g/mol. The summed E-state index contributed by atoms with van der Waals surface area (Å²) in [5, 5.41) is 0.696. The molecular weight excluding hydrogens is 255 g/mol. The van der Waals surface area contributed by atoms with Crippen molar-refractivity contribution in [1.29, 1.82) is 0 Å². The van der Waals surface area contributed by atoms with Gasteiger partial charge in [-0.25, -0.2) is 0 Å². The minimum Gasteiger partial charge on any atom is -0.176 e. The van der Waals surface area contributed by atoms with Gasteiger partial charge in [0.2, 0.25) is 0 Å². The average molecular weight is 270 g/mol. The van der Waals surface area contributed by atoms with E-state index < -0.39 is 0 Å². The number of rotatable bonds is 2. The Hall–Kier alpha value is 1.08. The van der Waals surface area contributed by atoms with Crippen LogP contribution in [0.3, 0.4) is 0 Å². The molecule has 0 bridgehead atoms. The van der Waals surface area contributed by atoms with Crippen molar-refractivity contribution in [3.8, 4) is 0 Å². The van der Waals surface area contributed by atoms with E-state index >= 15 is 0 Å². The van der Waals surface area contributed by atoms with Gasteiger partial charge in [-0.15, -0.1) is 0 Å². The molecule has 1 rings (SSSR count). The summed E-state index contributed by atoms with van der Waals surface area (Å²) in [7, 11) is 0. The zero-order valence-electron chi connectivity index (χ0n) is 6.39. The van der Waals surface area contributed by atoms with E-state index in [0.29, 0.717) is 5.25 Å². The van der Waals surface area contributed by atoms with Gasteiger partial charge in [-0.05, 0) is 25.2 Å². The summed E-state index contributed by atoms with van der Waals surface area (Å²) in [6.45, 7) is 2.27. The van der Waals surface area contributed by atoms with Gasteiger partial charge >= 0.3 is 0 Å². The van der Waals surface area contributed by atoms with E-state index in [1.807, 2.05) is 0 Å². The van der Waals surface area contributed by atoms with Crippen LogP contribution in [-0.4, -0.2) is 9.17 Å². The number of hydrogen-bond acceptors (Lipinski definition) is 1. The molecule has 0 aromatic heterocycles. The van der Waals surface area contributed by atoms with Crippen molar-refractivity contribution >= 4 is 35.2 Å². The molecule has 1 aliphatic carbocycles. The molecule has 0 N–H and O–H groups in total. The van der Waals surface area contributed by atoms with Gasteiger partial charge in [0.25, 0.3) is 0 Å². The van der Waals surface area contributed by atoms with Crippen molar-refractivity contribution in [2.24, 2.45) is 5.92 Å². The third-order valence-corrected chi connectivity index (χ3v) is 4.51. The van der Waals surface area contributed by atoms with Crippen LogP contribution in [0.15, 0.2) is 0 Å². The van der Waals surface area contributed by atoms with E-state index in [0.717, 1.165) is 9.84 Å². The topological polar surface area (TPSA) is 0 Å². The Morgan fingerprint density at radius 2 is 2.20 bits per heavy atom. The van der Waals surface area contributed by atoms with Crippen LogP contribution in [-0.2, 0) is 0 Å². The Morgan fingerprint density at radius 3 is 2.60 bits per heavy atom. The Balaban J connectivity index is 2.38. The predicted molar refractivity (Wildman–Crippen MR) is 58.2 cm³/mol. The second-order valence-corrected chi connectivity index (χ2v) is 5.38. The summed E-state index contributed by atoms with van der Waals surface area (Å²) in [4.78, 5) is 0. The second-order valence-electron chi connectivity index (χ2n) is 3.11. The molecule has 0 heterocycles. The van der Waals surface area contributed by atoms with E-state index in [4.69, 9.17) is 0 Å². The van der Waals surface area contributed by atoms with Crippen molar-refractivity contribution in [1.82, 2.24) is 0 Å². The van der Waals surface area contributed by atoms with Gasteiger partial charge in [-0.1, -0.05) is 35.9 Å². The number of hydrogen-bond donors (Lipinski definition) is 1. The molecule has 0 nitrogen and oxygen atoms in total. The fourth-order valence-electron chi connectivity index (χ4n) is 1.71. The second kappa shape index (κ2) is 4.19. The lowest BCUT2D eigenvalue weighted by Gasteiger charge is -2.16. The smallest absolute Gasteiger partial charge is 0.0149 e. The van der Waals surface area contributed by atoms with Crippen LogP contribution in [0.5, 0.6) is 0 Å². The number of halogens is 1. The van der Waals surface area contributed by atoms with Crippen LogP contribution in [0.25, 0.3) is 0 Å². The lowest BCUT2D eigenvalue weighted by molar-refractivity contribution is 0.527. The maximum Gasteiger partial charge on any atom is 0.0149 e. The molecule has 1 fully saturated rings. The molecule has 60 valence electrons. The van der Waals surface area contributed by atoms with Crippen molar-refractivity contribution in [2.45, 2.75) is 41.8 Å². The highest BCUT2D eigenvalue weighted by atomic mass is 127. The third-order valence-electron chi connectivity index (χ3n) is 2.32. The van der Waals surface area contributed by atoms with E-state index in [1.165, 1.54) is 25.7 Å². The molecule has 0 aromatic rings. The van der Waals surface area contributed by atoms with Crippen LogP contribution in [0, 0.1) is 5.92 Å². The normalized spacial score (nSPS) is 40.5. The fraction of sp³-hybridized carbons (Fsp3) is 1.00. The zero-order chi connectivity index (χ0) is 7.56.